The van der Waals surface area contributed by atoms with Gasteiger partial charge in [0.05, 0.1) is 13.2 Å². The molecule has 0 atom stereocenters. The molecule has 0 aliphatic heterocycles. The van der Waals surface area contributed by atoms with Crippen molar-refractivity contribution in [1.29, 1.82) is 0 Å². The molecule has 1 heterocycles. The van der Waals surface area contributed by atoms with Crippen molar-refractivity contribution >= 4 is 17.9 Å². The summed E-state index contributed by atoms with van der Waals surface area (Å²) in [7, 11) is 1.96. The molecule has 132 valence electrons. The zero-order chi connectivity index (χ0) is 18.1. The van der Waals surface area contributed by atoms with Crippen molar-refractivity contribution in [3.63, 3.8) is 0 Å². The maximum absolute atomic E-state index is 11.1. The van der Waals surface area contributed by atoms with Gasteiger partial charge >= 0.3 is 5.97 Å². The Hall–Kier alpha value is -3.02. The van der Waals surface area contributed by atoms with Crippen LogP contribution in [0.5, 0.6) is 5.75 Å². The zero-order valence-electron chi connectivity index (χ0n) is 14.4. The topological polar surface area (TPSA) is 71.9 Å². The van der Waals surface area contributed by atoms with Crippen molar-refractivity contribution in [2.75, 3.05) is 31.7 Å². The van der Waals surface area contributed by atoms with Gasteiger partial charge < -0.3 is 19.5 Å². The molecule has 1 N–H and O–H groups in total. The lowest BCUT2D eigenvalue weighted by Gasteiger charge is -2.18. The highest BCUT2D eigenvalue weighted by Crippen LogP contribution is 2.15. The highest BCUT2D eigenvalue weighted by molar-refractivity contribution is 5.89. The fraction of sp³-hybridized carbons (Fsp3) is 0.263. The number of ether oxygens (including phenoxy) is 2. The minimum atomic E-state index is -1.08. The molecule has 0 saturated carbocycles. The number of likely N-dealkylation sites (N-methyl/N-ethyl adjacent to an activating group) is 1. The van der Waals surface area contributed by atoms with Crippen LogP contribution in [0.2, 0.25) is 0 Å². The summed E-state index contributed by atoms with van der Waals surface area (Å²) in [5, 5.41) is 9.05. The van der Waals surface area contributed by atoms with E-state index >= 15 is 0 Å². The third kappa shape index (κ3) is 5.84. The number of hydrogen-bond donors (Lipinski definition) is 1. The van der Waals surface area contributed by atoms with Crippen LogP contribution < -0.4 is 9.64 Å². The van der Waals surface area contributed by atoms with Crippen LogP contribution in [0.15, 0.2) is 54.4 Å². The van der Waals surface area contributed by atoms with Crippen LogP contribution in [0.4, 0.5) is 5.82 Å². The van der Waals surface area contributed by atoms with Crippen molar-refractivity contribution in [2.45, 2.75) is 6.92 Å². The van der Waals surface area contributed by atoms with Crippen molar-refractivity contribution in [2.24, 2.45) is 0 Å². The van der Waals surface area contributed by atoms with E-state index < -0.39 is 5.97 Å². The Balaban J connectivity index is 1.88. The minimum absolute atomic E-state index is 0.0758. The van der Waals surface area contributed by atoms with E-state index in [1.165, 1.54) is 6.08 Å². The molecule has 25 heavy (non-hydrogen) atoms. The molecule has 2 rings (SSSR count). The standard InChI is InChI=1S/C19H22N2O4/c1-3-24-17(19(22)23)14-15-7-9-16(10-8-15)25-13-12-21(2)18-6-4-5-11-20-18/h4-11,14H,3,12-13H2,1-2H3,(H,22,23). The first-order valence-corrected chi connectivity index (χ1v) is 8.03. The van der Waals surface area contributed by atoms with Gasteiger partial charge in [0.15, 0.2) is 0 Å². The Morgan fingerprint density at radius 1 is 1.24 bits per heavy atom. The predicted octanol–water partition coefficient (Wildman–Crippen LogP) is 3.06. The summed E-state index contributed by atoms with van der Waals surface area (Å²) >= 11 is 0. The number of rotatable bonds is 9. The summed E-state index contributed by atoms with van der Waals surface area (Å²) in [6.45, 7) is 3.27. The van der Waals surface area contributed by atoms with E-state index in [0.29, 0.717) is 19.8 Å². The summed E-state index contributed by atoms with van der Waals surface area (Å²) in [5.41, 5.74) is 0.740. The third-order valence-corrected chi connectivity index (χ3v) is 3.42. The van der Waals surface area contributed by atoms with Gasteiger partial charge in [0.1, 0.15) is 18.2 Å². The van der Waals surface area contributed by atoms with Crippen LogP contribution in [-0.4, -0.2) is 42.9 Å². The first kappa shape index (κ1) is 18.3. The predicted molar refractivity (Wildman–Crippen MR) is 96.7 cm³/mol. The number of anilines is 1. The van der Waals surface area contributed by atoms with Crippen molar-refractivity contribution in [1.82, 2.24) is 4.98 Å². The lowest BCUT2D eigenvalue weighted by atomic mass is 10.2. The summed E-state index contributed by atoms with van der Waals surface area (Å²) in [6.07, 6.45) is 3.25. The molecule has 0 amide bonds. The maximum Gasteiger partial charge on any atom is 0.371 e. The molecule has 0 saturated heterocycles. The Kier molecular flexibility index (Phi) is 6.83. The molecule has 0 spiro atoms. The van der Waals surface area contributed by atoms with Crippen LogP contribution in [0.1, 0.15) is 12.5 Å². The fourth-order valence-electron chi connectivity index (χ4n) is 2.13. The zero-order valence-corrected chi connectivity index (χ0v) is 14.4. The maximum atomic E-state index is 11.1. The van der Waals surface area contributed by atoms with E-state index in [1.807, 2.05) is 30.1 Å². The van der Waals surface area contributed by atoms with Gasteiger partial charge in [0.2, 0.25) is 5.76 Å². The molecule has 1 aromatic heterocycles. The van der Waals surface area contributed by atoms with Gasteiger partial charge in [-0.05, 0) is 42.8 Å². The molecule has 0 fully saturated rings. The number of carbonyl (C=O) groups is 1. The molecule has 0 aliphatic carbocycles. The summed E-state index contributed by atoms with van der Waals surface area (Å²) in [4.78, 5) is 17.3. The Labute approximate surface area is 147 Å². The molecular weight excluding hydrogens is 320 g/mol. The van der Waals surface area contributed by atoms with E-state index in [0.717, 1.165) is 17.1 Å². The average molecular weight is 342 g/mol. The summed E-state index contributed by atoms with van der Waals surface area (Å²) in [5.74, 6) is 0.455. The van der Waals surface area contributed by atoms with E-state index in [9.17, 15) is 4.79 Å². The summed E-state index contributed by atoms with van der Waals surface area (Å²) < 4.78 is 10.8. The molecule has 6 heteroatoms. The van der Waals surface area contributed by atoms with Crippen molar-refractivity contribution in [3.8, 4) is 5.75 Å². The molecular formula is C19H22N2O4. The number of nitrogens with zero attached hydrogens (tertiary/aromatic N) is 2. The quantitative estimate of drug-likeness (QED) is 0.558. The third-order valence-electron chi connectivity index (χ3n) is 3.42. The van der Waals surface area contributed by atoms with Crippen LogP contribution in [0.3, 0.4) is 0 Å². The molecule has 0 radical (unpaired) electrons. The molecule has 0 aliphatic rings. The molecule has 1 aromatic carbocycles. The van der Waals surface area contributed by atoms with Crippen molar-refractivity contribution in [3.05, 3.63) is 60.0 Å². The van der Waals surface area contributed by atoms with Crippen LogP contribution in [-0.2, 0) is 9.53 Å². The Bertz CT molecular complexity index is 699. The Morgan fingerprint density at radius 2 is 2.00 bits per heavy atom. The van der Waals surface area contributed by atoms with Gasteiger partial charge in [0.25, 0.3) is 0 Å². The SMILES string of the molecule is CCOC(=Cc1ccc(OCCN(C)c2ccccn2)cc1)C(=O)O. The van der Waals surface area contributed by atoms with Crippen molar-refractivity contribution < 1.29 is 19.4 Å². The molecule has 2 aromatic rings. The second-order valence-electron chi connectivity index (χ2n) is 5.27. The number of carboxylic acids is 1. The second-order valence-corrected chi connectivity index (χ2v) is 5.27. The molecule has 6 nitrogen and oxygen atoms in total. The van der Waals surface area contributed by atoms with E-state index in [1.54, 1.807) is 37.4 Å². The number of pyridine rings is 1. The van der Waals surface area contributed by atoms with Crippen LogP contribution in [0, 0.1) is 0 Å². The second kappa shape index (κ2) is 9.32. The van der Waals surface area contributed by atoms with Gasteiger partial charge in [0, 0.05) is 13.2 Å². The monoisotopic (exact) mass is 342 g/mol. The number of aliphatic carboxylic acids is 1. The van der Waals surface area contributed by atoms with Gasteiger partial charge in [-0.1, -0.05) is 18.2 Å². The van der Waals surface area contributed by atoms with Crippen LogP contribution in [0.25, 0.3) is 6.08 Å². The average Bonchev–Trinajstić information content (AvgIpc) is 2.63. The van der Waals surface area contributed by atoms with Gasteiger partial charge in [-0.25, -0.2) is 9.78 Å². The highest BCUT2D eigenvalue weighted by atomic mass is 16.5. The number of hydrogen-bond acceptors (Lipinski definition) is 5. The Morgan fingerprint density at radius 3 is 2.60 bits per heavy atom. The van der Waals surface area contributed by atoms with E-state index in [2.05, 4.69) is 4.98 Å². The summed E-state index contributed by atoms with van der Waals surface area (Å²) in [6, 6.07) is 13.0. The minimum Gasteiger partial charge on any atom is -0.492 e. The number of aromatic nitrogens is 1. The lowest BCUT2D eigenvalue weighted by molar-refractivity contribution is -0.136. The smallest absolute Gasteiger partial charge is 0.371 e. The lowest BCUT2D eigenvalue weighted by Crippen LogP contribution is -2.24. The molecule has 0 unspecified atom stereocenters. The first-order chi connectivity index (χ1) is 12.1. The number of carboxylic acid groups (broad SMARTS) is 1. The van der Waals surface area contributed by atoms with Gasteiger partial charge in [-0.3, -0.25) is 0 Å². The first-order valence-electron chi connectivity index (χ1n) is 8.03. The van der Waals surface area contributed by atoms with E-state index in [4.69, 9.17) is 14.6 Å². The normalized spacial score (nSPS) is 11.0. The van der Waals surface area contributed by atoms with Crippen LogP contribution >= 0.6 is 0 Å². The number of benzene rings is 1. The largest absolute Gasteiger partial charge is 0.492 e. The highest BCUT2D eigenvalue weighted by Gasteiger charge is 2.08. The van der Waals surface area contributed by atoms with Gasteiger partial charge in [-0.2, -0.15) is 0 Å². The van der Waals surface area contributed by atoms with Gasteiger partial charge in [-0.15, -0.1) is 0 Å². The molecule has 0 bridgehead atoms. The van der Waals surface area contributed by atoms with E-state index in [-0.39, 0.29) is 5.76 Å². The fourth-order valence-corrected chi connectivity index (χ4v) is 2.13.